The number of carbonyl (C=O) groups is 1. The summed E-state index contributed by atoms with van der Waals surface area (Å²) in [4.78, 5) is 11.1. The highest BCUT2D eigenvalue weighted by Gasteiger charge is 2.07. The smallest absolute Gasteiger partial charge is 0.303 e. The van der Waals surface area contributed by atoms with E-state index in [2.05, 4.69) is 30.6 Å². The second-order valence-electron chi connectivity index (χ2n) is 5.17. The van der Waals surface area contributed by atoms with Gasteiger partial charge in [0.15, 0.2) is 0 Å². The number of carbonyl (C=O) groups excluding carboxylic acids is 1. The van der Waals surface area contributed by atoms with Crippen molar-refractivity contribution < 1.29 is 14.6 Å². The molecule has 3 nitrogen and oxygen atoms in total. The van der Waals surface area contributed by atoms with Gasteiger partial charge in [0.05, 0.1) is 0 Å². The summed E-state index contributed by atoms with van der Waals surface area (Å²) in [7, 11) is 0. The van der Waals surface area contributed by atoms with Crippen LogP contribution in [0.3, 0.4) is 0 Å². The molecule has 0 amide bonds. The average Bonchev–Trinajstić information content (AvgIpc) is 2.49. The summed E-state index contributed by atoms with van der Waals surface area (Å²) in [6.45, 7) is 5.46. The van der Waals surface area contributed by atoms with E-state index in [0.29, 0.717) is 6.42 Å². The third-order valence-electron chi connectivity index (χ3n) is 3.06. The summed E-state index contributed by atoms with van der Waals surface area (Å²) < 4.78 is 5.25. The molecule has 0 saturated carbocycles. The van der Waals surface area contributed by atoms with Crippen molar-refractivity contribution in [2.75, 3.05) is 0 Å². The van der Waals surface area contributed by atoms with Crippen molar-refractivity contribution in [3.63, 3.8) is 0 Å². The topological polar surface area (TPSA) is 46.5 Å². The Balaban J connectivity index is 4.27. The largest absolute Gasteiger partial charge is 0.458 e. The minimum atomic E-state index is -0.616. The molecule has 2 unspecified atom stereocenters. The van der Waals surface area contributed by atoms with E-state index >= 15 is 0 Å². The van der Waals surface area contributed by atoms with E-state index < -0.39 is 6.10 Å². The van der Waals surface area contributed by atoms with Crippen molar-refractivity contribution in [2.24, 2.45) is 0 Å². The Morgan fingerprint density at radius 3 is 2.55 bits per heavy atom. The van der Waals surface area contributed by atoms with Crippen molar-refractivity contribution in [1.29, 1.82) is 0 Å². The number of esters is 1. The minimum absolute atomic E-state index is 0.220. The highest BCUT2D eigenvalue weighted by Crippen LogP contribution is 2.10. The van der Waals surface area contributed by atoms with Gasteiger partial charge in [0.1, 0.15) is 12.2 Å². The number of ether oxygens (including phenoxy) is 1. The maximum atomic E-state index is 11.1. The summed E-state index contributed by atoms with van der Waals surface area (Å²) in [5.74, 6) is 10.4. The van der Waals surface area contributed by atoms with E-state index in [9.17, 15) is 9.90 Å². The molecule has 0 saturated heterocycles. The van der Waals surface area contributed by atoms with Gasteiger partial charge in [-0.3, -0.25) is 4.79 Å². The van der Waals surface area contributed by atoms with Gasteiger partial charge in [0.2, 0.25) is 0 Å². The third kappa shape index (κ3) is 13.3. The molecule has 0 radical (unpaired) electrons. The lowest BCUT2D eigenvalue weighted by Gasteiger charge is -2.12. The van der Waals surface area contributed by atoms with E-state index in [0.717, 1.165) is 19.3 Å². The van der Waals surface area contributed by atoms with Gasteiger partial charge < -0.3 is 9.84 Å². The molecule has 0 bridgehead atoms. The number of unbranched alkanes of at least 4 members (excludes halogenated alkanes) is 4. The maximum Gasteiger partial charge on any atom is 0.303 e. The van der Waals surface area contributed by atoms with E-state index in [-0.39, 0.29) is 12.1 Å². The monoisotopic (exact) mass is 304 g/mol. The predicted molar refractivity (Wildman–Crippen MR) is 89.9 cm³/mol. The van der Waals surface area contributed by atoms with Crippen LogP contribution in [0.5, 0.6) is 0 Å². The van der Waals surface area contributed by atoms with Crippen LogP contribution in [0.4, 0.5) is 0 Å². The number of hydrogen-bond acceptors (Lipinski definition) is 3. The van der Waals surface area contributed by atoms with Crippen LogP contribution in [0.15, 0.2) is 12.2 Å². The van der Waals surface area contributed by atoms with Gasteiger partial charge in [0, 0.05) is 6.92 Å². The lowest BCUT2D eigenvalue weighted by Crippen LogP contribution is -2.13. The van der Waals surface area contributed by atoms with Gasteiger partial charge in [-0.05, 0) is 43.3 Å². The second-order valence-corrected chi connectivity index (χ2v) is 5.17. The average molecular weight is 304 g/mol. The normalized spacial score (nSPS) is 12.7. The number of aliphatic hydroxyl groups is 1. The molecular weight excluding hydrogens is 276 g/mol. The Labute approximate surface area is 135 Å². The first-order chi connectivity index (χ1) is 10.6. The first kappa shape index (κ1) is 20.3. The van der Waals surface area contributed by atoms with Crippen molar-refractivity contribution in [2.45, 2.75) is 77.9 Å². The van der Waals surface area contributed by atoms with Crippen LogP contribution in [0.1, 0.15) is 65.7 Å². The molecular formula is C19H28O3. The number of allylic oxidation sites excluding steroid dienone is 1. The fraction of sp³-hybridized carbons (Fsp3) is 0.632. The molecule has 0 heterocycles. The van der Waals surface area contributed by atoms with Gasteiger partial charge in [0.25, 0.3) is 0 Å². The van der Waals surface area contributed by atoms with Crippen molar-refractivity contribution >= 4 is 5.97 Å². The molecule has 0 aromatic heterocycles. The molecule has 2 atom stereocenters. The van der Waals surface area contributed by atoms with Crippen LogP contribution < -0.4 is 0 Å². The molecule has 0 rings (SSSR count). The van der Waals surface area contributed by atoms with Crippen LogP contribution in [0.25, 0.3) is 0 Å². The van der Waals surface area contributed by atoms with Crippen LogP contribution in [-0.4, -0.2) is 23.3 Å². The lowest BCUT2D eigenvalue weighted by atomic mass is 10.1. The van der Waals surface area contributed by atoms with Gasteiger partial charge >= 0.3 is 5.97 Å². The molecule has 0 aliphatic heterocycles. The Morgan fingerprint density at radius 1 is 1.18 bits per heavy atom. The molecule has 3 heteroatoms. The SMILES string of the molecule is CCCCCCCC(C=CC#CC#CC(O)CC)OC(C)=O. The Kier molecular flexibility index (Phi) is 13.1. The molecule has 22 heavy (non-hydrogen) atoms. The lowest BCUT2D eigenvalue weighted by molar-refractivity contribution is -0.144. The summed E-state index contributed by atoms with van der Waals surface area (Å²) in [5, 5.41) is 9.24. The van der Waals surface area contributed by atoms with E-state index in [1.54, 1.807) is 12.2 Å². The molecule has 0 spiro atoms. The summed E-state index contributed by atoms with van der Waals surface area (Å²) in [5.41, 5.74) is 0. The van der Waals surface area contributed by atoms with Crippen molar-refractivity contribution in [1.82, 2.24) is 0 Å². The van der Waals surface area contributed by atoms with Crippen LogP contribution >= 0.6 is 0 Å². The highest BCUT2D eigenvalue weighted by molar-refractivity contribution is 5.66. The molecule has 0 aromatic rings. The maximum absolute atomic E-state index is 11.1. The number of hydrogen-bond donors (Lipinski definition) is 1. The quantitative estimate of drug-likeness (QED) is 0.402. The molecule has 0 fully saturated rings. The fourth-order valence-electron chi connectivity index (χ4n) is 1.81. The third-order valence-corrected chi connectivity index (χ3v) is 3.06. The first-order valence-electron chi connectivity index (χ1n) is 8.13. The van der Waals surface area contributed by atoms with Crippen LogP contribution in [0, 0.1) is 23.7 Å². The van der Waals surface area contributed by atoms with E-state index in [4.69, 9.17) is 4.74 Å². The predicted octanol–water partition coefficient (Wildman–Crippen LogP) is 3.61. The summed E-state index contributed by atoms with van der Waals surface area (Å²) in [6, 6.07) is 0. The van der Waals surface area contributed by atoms with Gasteiger partial charge in [-0.1, -0.05) is 51.4 Å². The van der Waals surface area contributed by atoms with E-state index in [1.165, 1.54) is 26.2 Å². The Hall–Kier alpha value is -1.71. The van der Waals surface area contributed by atoms with Crippen molar-refractivity contribution in [3.8, 4) is 23.7 Å². The number of rotatable bonds is 9. The molecule has 0 aromatic carbocycles. The first-order valence-corrected chi connectivity index (χ1v) is 8.13. The van der Waals surface area contributed by atoms with E-state index in [1.807, 2.05) is 6.92 Å². The van der Waals surface area contributed by atoms with Crippen LogP contribution in [0.2, 0.25) is 0 Å². The van der Waals surface area contributed by atoms with Gasteiger partial charge in [-0.2, -0.15) is 0 Å². The zero-order valence-corrected chi connectivity index (χ0v) is 14.0. The standard InChI is InChI=1S/C19H28O3/c1-4-6-7-8-12-15-19(22-17(3)20)16-13-10-9-11-14-18(21)5-2/h13,16,18-19,21H,4-8,12,15H2,1-3H3. The summed E-state index contributed by atoms with van der Waals surface area (Å²) in [6.07, 6.45) is 9.93. The molecule has 1 N–H and O–H groups in total. The minimum Gasteiger partial charge on any atom is -0.458 e. The fourth-order valence-corrected chi connectivity index (χ4v) is 1.81. The highest BCUT2D eigenvalue weighted by atomic mass is 16.5. The van der Waals surface area contributed by atoms with Crippen molar-refractivity contribution in [3.05, 3.63) is 12.2 Å². The zero-order valence-electron chi connectivity index (χ0n) is 14.0. The molecule has 0 aliphatic rings. The van der Waals surface area contributed by atoms with Crippen LogP contribution in [-0.2, 0) is 9.53 Å². The van der Waals surface area contributed by atoms with Gasteiger partial charge in [-0.25, -0.2) is 0 Å². The molecule has 0 aliphatic carbocycles. The molecule has 122 valence electrons. The van der Waals surface area contributed by atoms with Gasteiger partial charge in [-0.15, -0.1) is 0 Å². The zero-order chi connectivity index (χ0) is 16.6. The Morgan fingerprint density at radius 2 is 1.91 bits per heavy atom. The Bertz CT molecular complexity index is 443. The second kappa shape index (κ2) is 14.2. The summed E-state index contributed by atoms with van der Waals surface area (Å²) >= 11 is 0. The number of aliphatic hydroxyl groups excluding tert-OH is 1.